The molecule has 21 heavy (non-hydrogen) atoms. The molecule has 1 aliphatic carbocycles. The van der Waals surface area contributed by atoms with Crippen LogP contribution in [-0.2, 0) is 4.79 Å². The molecule has 0 bridgehead atoms. The summed E-state index contributed by atoms with van der Waals surface area (Å²) in [4.78, 5) is 14.7. The molecule has 0 aromatic heterocycles. The Hall–Kier alpha value is -0.610. The lowest BCUT2D eigenvalue weighted by Crippen LogP contribution is -2.60. The first kappa shape index (κ1) is 16.8. The van der Waals surface area contributed by atoms with Crippen molar-refractivity contribution in [3.05, 3.63) is 0 Å². The Balaban J connectivity index is 2.09. The fraction of sp³-hybridized carbons (Fsp3) is 0.941. The van der Waals surface area contributed by atoms with Gasteiger partial charge in [0, 0.05) is 19.6 Å². The Kier molecular flexibility index (Phi) is 5.31. The van der Waals surface area contributed by atoms with Gasteiger partial charge in [-0.2, -0.15) is 0 Å². The second-order valence-corrected chi connectivity index (χ2v) is 7.60. The van der Waals surface area contributed by atoms with Crippen molar-refractivity contribution in [3.8, 4) is 0 Å². The molecule has 0 radical (unpaired) electrons. The predicted octanol–water partition coefficient (Wildman–Crippen LogP) is 2.13. The van der Waals surface area contributed by atoms with E-state index in [2.05, 4.69) is 31.0 Å². The first-order valence-electron chi connectivity index (χ1n) is 8.68. The van der Waals surface area contributed by atoms with E-state index in [0.717, 1.165) is 64.2 Å². The predicted molar refractivity (Wildman–Crippen MR) is 87.0 cm³/mol. The minimum Gasteiger partial charge on any atom is -0.368 e. The Bertz CT molecular complexity index is 351. The third-order valence-electron chi connectivity index (χ3n) is 6.23. The number of nitrogens with zero attached hydrogens (tertiary/aromatic N) is 1. The third-order valence-corrected chi connectivity index (χ3v) is 6.23. The third kappa shape index (κ3) is 3.42. The molecule has 0 spiro atoms. The molecular weight excluding hydrogens is 262 g/mol. The summed E-state index contributed by atoms with van der Waals surface area (Å²) in [7, 11) is 0. The van der Waals surface area contributed by atoms with E-state index in [1.54, 1.807) is 0 Å². The van der Waals surface area contributed by atoms with Crippen LogP contribution in [-0.4, -0.2) is 42.5 Å². The minimum absolute atomic E-state index is 0.0999. The van der Waals surface area contributed by atoms with Crippen LogP contribution in [0.4, 0.5) is 0 Å². The molecule has 4 nitrogen and oxygen atoms in total. The molecule has 1 heterocycles. The molecule has 0 atom stereocenters. The zero-order valence-corrected chi connectivity index (χ0v) is 14.1. The summed E-state index contributed by atoms with van der Waals surface area (Å²) in [6.07, 6.45) is 6.46. The molecule has 0 aromatic carbocycles. The fourth-order valence-corrected chi connectivity index (χ4v) is 4.16. The van der Waals surface area contributed by atoms with Crippen molar-refractivity contribution >= 4 is 5.91 Å². The SMILES string of the molecule is CCC(C)(C)C1CCC(C(N)=O)(N2CCCNCC2)CC1. The Morgan fingerprint density at radius 2 is 1.95 bits per heavy atom. The van der Waals surface area contributed by atoms with Crippen LogP contribution in [0.15, 0.2) is 0 Å². The molecule has 0 unspecified atom stereocenters. The quantitative estimate of drug-likeness (QED) is 0.835. The summed E-state index contributed by atoms with van der Waals surface area (Å²) in [5.41, 5.74) is 5.87. The van der Waals surface area contributed by atoms with E-state index in [4.69, 9.17) is 5.73 Å². The average molecular weight is 295 g/mol. The lowest BCUT2D eigenvalue weighted by Gasteiger charge is -2.48. The highest BCUT2D eigenvalue weighted by Crippen LogP contribution is 2.45. The molecule has 1 aliphatic heterocycles. The fourth-order valence-electron chi connectivity index (χ4n) is 4.16. The molecule has 2 fully saturated rings. The van der Waals surface area contributed by atoms with Crippen LogP contribution in [0.25, 0.3) is 0 Å². The normalized spacial score (nSPS) is 32.6. The van der Waals surface area contributed by atoms with E-state index < -0.39 is 0 Å². The number of nitrogens with one attached hydrogen (secondary N) is 1. The highest BCUT2D eigenvalue weighted by molar-refractivity contribution is 5.84. The Morgan fingerprint density at radius 3 is 2.52 bits per heavy atom. The van der Waals surface area contributed by atoms with Gasteiger partial charge in [0.25, 0.3) is 0 Å². The minimum atomic E-state index is -0.383. The maximum absolute atomic E-state index is 12.3. The van der Waals surface area contributed by atoms with Gasteiger partial charge in [0.1, 0.15) is 5.54 Å². The maximum atomic E-state index is 12.3. The number of carbonyl (C=O) groups is 1. The summed E-state index contributed by atoms with van der Waals surface area (Å²) in [6, 6.07) is 0. The van der Waals surface area contributed by atoms with Crippen molar-refractivity contribution in [2.24, 2.45) is 17.1 Å². The highest BCUT2D eigenvalue weighted by atomic mass is 16.1. The van der Waals surface area contributed by atoms with Crippen LogP contribution in [0, 0.1) is 11.3 Å². The monoisotopic (exact) mass is 295 g/mol. The van der Waals surface area contributed by atoms with Crippen molar-refractivity contribution < 1.29 is 4.79 Å². The first-order valence-corrected chi connectivity index (χ1v) is 8.68. The zero-order chi connectivity index (χ0) is 15.5. The van der Waals surface area contributed by atoms with Gasteiger partial charge in [0.2, 0.25) is 5.91 Å². The summed E-state index contributed by atoms with van der Waals surface area (Å²) in [5, 5.41) is 3.42. The molecule has 1 saturated carbocycles. The van der Waals surface area contributed by atoms with Gasteiger partial charge < -0.3 is 11.1 Å². The molecule has 3 N–H and O–H groups in total. The molecule has 122 valence electrons. The van der Waals surface area contributed by atoms with Crippen molar-refractivity contribution in [1.82, 2.24) is 10.2 Å². The summed E-state index contributed by atoms with van der Waals surface area (Å²) in [6.45, 7) is 11.0. The van der Waals surface area contributed by atoms with Crippen molar-refractivity contribution in [3.63, 3.8) is 0 Å². The van der Waals surface area contributed by atoms with Crippen LogP contribution in [0.3, 0.4) is 0 Å². The van der Waals surface area contributed by atoms with Crippen LogP contribution < -0.4 is 11.1 Å². The Labute approximate surface area is 129 Å². The molecule has 2 aliphatic rings. The molecular formula is C17H33N3O. The molecule has 1 saturated heterocycles. The topological polar surface area (TPSA) is 58.4 Å². The number of carbonyl (C=O) groups excluding carboxylic acids is 1. The van der Waals surface area contributed by atoms with Crippen molar-refractivity contribution in [2.75, 3.05) is 26.2 Å². The molecule has 0 aromatic rings. The number of primary amides is 1. The van der Waals surface area contributed by atoms with Gasteiger partial charge >= 0.3 is 0 Å². The standard InChI is InChI=1S/C17H33N3O/c1-4-16(2,3)14-6-8-17(9-7-14,15(18)21)20-12-5-10-19-11-13-20/h14,19H,4-13H2,1-3H3,(H2,18,21). The van der Waals surface area contributed by atoms with E-state index >= 15 is 0 Å². The lowest BCUT2D eigenvalue weighted by atomic mass is 9.65. The number of hydrogen-bond donors (Lipinski definition) is 2. The molecule has 1 amide bonds. The zero-order valence-electron chi connectivity index (χ0n) is 14.1. The van der Waals surface area contributed by atoms with Crippen molar-refractivity contribution in [2.45, 2.75) is 64.8 Å². The highest BCUT2D eigenvalue weighted by Gasteiger charge is 2.47. The van der Waals surface area contributed by atoms with Crippen LogP contribution in [0.5, 0.6) is 0 Å². The number of nitrogens with two attached hydrogens (primary N) is 1. The first-order chi connectivity index (χ1) is 9.92. The second kappa shape index (κ2) is 6.66. The summed E-state index contributed by atoms with van der Waals surface area (Å²) in [5.74, 6) is 0.622. The summed E-state index contributed by atoms with van der Waals surface area (Å²) < 4.78 is 0. The van der Waals surface area contributed by atoms with Gasteiger partial charge in [-0.25, -0.2) is 0 Å². The van der Waals surface area contributed by atoms with Crippen LogP contribution in [0.1, 0.15) is 59.3 Å². The van der Waals surface area contributed by atoms with Gasteiger partial charge in [-0.15, -0.1) is 0 Å². The smallest absolute Gasteiger partial charge is 0.237 e. The molecule has 4 heteroatoms. The second-order valence-electron chi connectivity index (χ2n) is 7.60. The van der Waals surface area contributed by atoms with E-state index in [9.17, 15) is 4.79 Å². The average Bonchev–Trinajstić information content (AvgIpc) is 2.76. The largest absolute Gasteiger partial charge is 0.368 e. The van der Waals surface area contributed by atoms with E-state index in [1.807, 2.05) is 0 Å². The van der Waals surface area contributed by atoms with Crippen LogP contribution >= 0.6 is 0 Å². The van der Waals surface area contributed by atoms with E-state index in [0.29, 0.717) is 5.41 Å². The van der Waals surface area contributed by atoms with Crippen molar-refractivity contribution in [1.29, 1.82) is 0 Å². The van der Waals surface area contributed by atoms with Gasteiger partial charge in [-0.3, -0.25) is 9.69 Å². The number of rotatable bonds is 4. The van der Waals surface area contributed by atoms with Gasteiger partial charge in [0.05, 0.1) is 0 Å². The van der Waals surface area contributed by atoms with E-state index in [1.165, 1.54) is 6.42 Å². The number of amides is 1. The lowest BCUT2D eigenvalue weighted by molar-refractivity contribution is -0.134. The van der Waals surface area contributed by atoms with Gasteiger partial charge in [-0.1, -0.05) is 27.2 Å². The maximum Gasteiger partial charge on any atom is 0.237 e. The van der Waals surface area contributed by atoms with E-state index in [-0.39, 0.29) is 11.4 Å². The Morgan fingerprint density at radius 1 is 1.29 bits per heavy atom. The summed E-state index contributed by atoms with van der Waals surface area (Å²) >= 11 is 0. The van der Waals surface area contributed by atoms with Gasteiger partial charge in [0.15, 0.2) is 0 Å². The van der Waals surface area contributed by atoms with Crippen LogP contribution in [0.2, 0.25) is 0 Å². The van der Waals surface area contributed by atoms with Gasteiger partial charge in [-0.05, 0) is 50.0 Å². The number of hydrogen-bond acceptors (Lipinski definition) is 3. The molecule has 2 rings (SSSR count).